The van der Waals surface area contributed by atoms with E-state index in [4.69, 9.17) is 5.11 Å². The average Bonchev–Trinajstić information content (AvgIpc) is 1.61. The lowest BCUT2D eigenvalue weighted by molar-refractivity contribution is -0.131. The molecule has 0 saturated carbocycles. The van der Waals surface area contributed by atoms with Crippen molar-refractivity contribution in [3.63, 3.8) is 0 Å². The molecule has 0 rings (SSSR count). The second-order valence-corrected chi connectivity index (χ2v) is 1.03. The van der Waals surface area contributed by atoms with Gasteiger partial charge in [-0.05, 0) is 6.08 Å². The lowest BCUT2D eigenvalue weighted by Gasteiger charge is -1.69. The summed E-state index contributed by atoms with van der Waals surface area (Å²) in [4.78, 5) is 9.59. The van der Waals surface area contributed by atoms with E-state index in [1.54, 1.807) is 0 Å². The lowest BCUT2D eigenvalue weighted by Crippen LogP contribution is -1.84. The highest BCUT2D eigenvalue weighted by Crippen LogP contribution is 1.66. The Morgan fingerprint density at radius 3 is 2.57 bits per heavy atom. The van der Waals surface area contributed by atoms with Crippen LogP contribution in [-0.2, 0) is 4.79 Å². The van der Waals surface area contributed by atoms with Crippen LogP contribution in [0.1, 0.15) is 0 Å². The number of carboxylic acids is 1. The van der Waals surface area contributed by atoms with E-state index in [9.17, 15) is 4.79 Å². The highest BCUT2D eigenvalue weighted by atomic mass is 32.1. The fourth-order valence-corrected chi connectivity index (χ4v) is 0.173. The molecule has 0 aliphatic heterocycles. The molecule has 2 nitrogen and oxygen atoms in total. The van der Waals surface area contributed by atoms with E-state index in [2.05, 4.69) is 17.6 Å². The van der Waals surface area contributed by atoms with Gasteiger partial charge in [0.2, 0.25) is 0 Å². The maximum absolute atomic E-state index is 9.59. The molecule has 0 aliphatic carbocycles. The molecule has 0 saturated heterocycles. The van der Waals surface area contributed by atoms with Crippen molar-refractivity contribution in [3.8, 4) is 0 Å². The predicted molar refractivity (Wildman–Crippen MR) is 29.4 cm³/mol. The van der Waals surface area contributed by atoms with Crippen LogP contribution in [-0.4, -0.2) is 16.4 Å². The third-order valence-electron chi connectivity index (χ3n) is 0.294. The molecule has 0 atom stereocenters. The number of hydrogen-bond donors (Lipinski definition) is 1. The lowest BCUT2D eigenvalue weighted by atomic mass is 10.5. The molecule has 7 heavy (non-hydrogen) atoms. The third-order valence-corrected chi connectivity index (χ3v) is 0.430. The Kier molecular flexibility index (Phi) is 3.14. The van der Waals surface area contributed by atoms with Gasteiger partial charge in [0.25, 0.3) is 0 Å². The second-order valence-electron chi connectivity index (χ2n) is 0.789. The summed E-state index contributed by atoms with van der Waals surface area (Å²) in [6, 6.07) is 0. The minimum absolute atomic E-state index is 0.924. The number of aliphatic carboxylic acids is 1. The molecule has 0 bridgehead atoms. The molecule has 1 N–H and O–H groups in total. The summed E-state index contributed by atoms with van der Waals surface area (Å²) in [5.74, 6) is -1.00. The molecule has 0 aromatic carbocycles. The van der Waals surface area contributed by atoms with Crippen molar-refractivity contribution in [2.24, 2.45) is 0 Å². The van der Waals surface area contributed by atoms with Crippen LogP contribution >= 0.6 is 12.2 Å². The van der Waals surface area contributed by atoms with E-state index in [1.165, 1.54) is 0 Å². The third kappa shape index (κ3) is 5.30. The minimum atomic E-state index is -1.00. The first-order chi connectivity index (χ1) is 3.27. The first-order valence-corrected chi connectivity index (χ1v) is 1.95. The predicted octanol–water partition coefficient (Wildman–Crippen LogP) is 0.504. The van der Waals surface area contributed by atoms with Gasteiger partial charge in [-0.25, -0.2) is 4.79 Å². The number of rotatable bonds is 2. The van der Waals surface area contributed by atoms with Crippen LogP contribution in [0, 0.1) is 0 Å². The van der Waals surface area contributed by atoms with Crippen LogP contribution < -0.4 is 0 Å². The summed E-state index contributed by atoms with van der Waals surface area (Å²) >= 11 is 4.17. The van der Waals surface area contributed by atoms with E-state index in [1.807, 2.05) is 0 Å². The van der Waals surface area contributed by atoms with Crippen molar-refractivity contribution in [3.05, 3.63) is 12.2 Å². The van der Waals surface area contributed by atoms with Crippen molar-refractivity contribution in [2.75, 3.05) is 0 Å². The van der Waals surface area contributed by atoms with Crippen LogP contribution in [0.15, 0.2) is 12.2 Å². The van der Waals surface area contributed by atoms with Crippen molar-refractivity contribution in [1.82, 2.24) is 0 Å². The molecule has 0 aromatic rings. The Morgan fingerprint density at radius 2 is 2.43 bits per heavy atom. The van der Waals surface area contributed by atoms with Crippen molar-refractivity contribution < 1.29 is 9.90 Å². The Labute approximate surface area is 46.5 Å². The van der Waals surface area contributed by atoms with Crippen LogP contribution in [0.5, 0.6) is 0 Å². The molecule has 0 fully saturated rings. The van der Waals surface area contributed by atoms with Crippen LogP contribution in [0.25, 0.3) is 0 Å². The highest BCUT2D eigenvalue weighted by Gasteiger charge is 1.78. The Balaban J connectivity index is 3.46. The number of allylic oxidation sites excluding steroid dienone is 1. The second kappa shape index (κ2) is 3.49. The fourth-order valence-electron chi connectivity index (χ4n) is 0.105. The topological polar surface area (TPSA) is 37.3 Å². The fraction of sp³-hybridized carbons (Fsp3) is 0. The molecule has 37 valence electrons. The van der Waals surface area contributed by atoms with E-state index >= 15 is 0 Å². The van der Waals surface area contributed by atoms with E-state index in [-0.39, 0.29) is 0 Å². The quantitative estimate of drug-likeness (QED) is 0.420. The van der Waals surface area contributed by atoms with Gasteiger partial charge in [-0.2, -0.15) is 0 Å². The number of carboxylic acid groups (broad SMARTS) is 1. The number of thiocarbonyl (C=S) groups is 1. The van der Waals surface area contributed by atoms with Gasteiger partial charge in [-0.15, -0.1) is 0 Å². The minimum Gasteiger partial charge on any atom is -0.478 e. The maximum Gasteiger partial charge on any atom is 0.328 e. The summed E-state index contributed by atoms with van der Waals surface area (Å²) in [6.45, 7) is 0. The average molecular weight is 115 g/mol. The Bertz CT molecular complexity index is 106. The van der Waals surface area contributed by atoms with Crippen LogP contribution in [0.3, 0.4) is 0 Å². The summed E-state index contributed by atoms with van der Waals surface area (Å²) in [6.07, 6.45) is 2.09. The molecule has 0 amide bonds. The molecular weight excluding hydrogens is 112 g/mol. The van der Waals surface area contributed by atoms with Crippen molar-refractivity contribution in [2.45, 2.75) is 0 Å². The van der Waals surface area contributed by atoms with Gasteiger partial charge in [0.05, 0.1) is 5.37 Å². The van der Waals surface area contributed by atoms with Gasteiger partial charge in [0.15, 0.2) is 0 Å². The Morgan fingerprint density at radius 1 is 1.86 bits per heavy atom. The summed E-state index contributed by atoms with van der Waals surface area (Å²) in [5, 5.41) is 9.99. The number of carbonyl (C=O) groups is 1. The van der Waals surface area contributed by atoms with Gasteiger partial charge >= 0.3 is 5.97 Å². The SMILES string of the molecule is O=C(O)C=C[C]=S. The smallest absolute Gasteiger partial charge is 0.328 e. The summed E-state index contributed by atoms with van der Waals surface area (Å²) < 4.78 is 0. The van der Waals surface area contributed by atoms with Gasteiger partial charge in [0.1, 0.15) is 0 Å². The molecule has 0 spiro atoms. The van der Waals surface area contributed by atoms with E-state index < -0.39 is 5.97 Å². The molecule has 1 radical (unpaired) electrons. The van der Waals surface area contributed by atoms with Crippen LogP contribution in [0.4, 0.5) is 0 Å². The summed E-state index contributed by atoms with van der Waals surface area (Å²) in [7, 11) is 0. The van der Waals surface area contributed by atoms with Crippen LogP contribution in [0.2, 0.25) is 0 Å². The highest BCUT2D eigenvalue weighted by molar-refractivity contribution is 7.79. The Hall–Kier alpha value is -0.700. The van der Waals surface area contributed by atoms with Gasteiger partial charge < -0.3 is 5.11 Å². The molecule has 3 heteroatoms. The zero-order chi connectivity index (χ0) is 5.70. The largest absolute Gasteiger partial charge is 0.478 e. The standard InChI is InChI=1S/C4H3O2S/c5-4(6)2-1-3-7/h1-2H,(H,5,6). The monoisotopic (exact) mass is 115 g/mol. The normalized spacial score (nSPS) is 9.14. The van der Waals surface area contributed by atoms with E-state index in [0.29, 0.717) is 0 Å². The van der Waals surface area contributed by atoms with Crippen molar-refractivity contribution >= 4 is 23.6 Å². The molecule has 0 aromatic heterocycles. The zero-order valence-corrected chi connectivity index (χ0v) is 4.23. The first-order valence-electron chi connectivity index (χ1n) is 1.54. The van der Waals surface area contributed by atoms with E-state index in [0.717, 1.165) is 12.2 Å². The van der Waals surface area contributed by atoms with Gasteiger partial charge in [-0.1, -0.05) is 12.2 Å². The summed E-state index contributed by atoms with van der Waals surface area (Å²) in [5.41, 5.74) is 0. The van der Waals surface area contributed by atoms with Gasteiger partial charge in [-0.3, -0.25) is 0 Å². The molecule has 0 unspecified atom stereocenters. The zero-order valence-electron chi connectivity index (χ0n) is 3.42. The molecule has 0 aliphatic rings. The van der Waals surface area contributed by atoms with Gasteiger partial charge in [0, 0.05) is 6.08 Å². The number of hydrogen-bond acceptors (Lipinski definition) is 2. The maximum atomic E-state index is 9.59. The van der Waals surface area contributed by atoms with Crippen molar-refractivity contribution in [1.29, 1.82) is 0 Å². The first kappa shape index (κ1) is 6.30. The molecule has 0 heterocycles. The molecular formula is C4H3O2S.